The van der Waals surface area contributed by atoms with E-state index in [1.165, 1.54) is 4.70 Å². The van der Waals surface area contributed by atoms with Crippen LogP contribution in [-0.2, 0) is 0 Å². The van der Waals surface area contributed by atoms with Crippen molar-refractivity contribution in [2.45, 2.75) is 0 Å². The molecule has 12 heteroatoms. The number of benzene rings is 21. The van der Waals surface area contributed by atoms with Gasteiger partial charge in [-0.1, -0.05) is 449 Å². The van der Waals surface area contributed by atoms with E-state index < -0.39 is 18.1 Å². The Morgan fingerprint density at radius 3 is 0.626 bits per heavy atom. The van der Waals surface area contributed by atoms with Crippen LogP contribution in [0.5, 0.6) is 0 Å². The van der Waals surface area contributed by atoms with Crippen molar-refractivity contribution in [2.75, 3.05) is 0 Å². The zero-order valence-corrected chi connectivity index (χ0v) is 80.8. The minimum absolute atomic E-state index is 0.185. The van der Waals surface area contributed by atoms with Crippen LogP contribution in [-0.4, -0.2) is 44.9 Å². The number of aromatic nitrogens is 9. The van der Waals surface area contributed by atoms with E-state index in [4.69, 9.17) is 65.4 Å². The lowest BCUT2D eigenvalue weighted by Gasteiger charge is -2.12. The predicted molar refractivity (Wildman–Crippen MR) is 616 cm³/mol. The first kappa shape index (κ1) is 74.3. The van der Waals surface area contributed by atoms with E-state index in [9.17, 15) is 0 Å². The summed E-state index contributed by atoms with van der Waals surface area (Å²) in [7, 11) is 0. The summed E-state index contributed by atoms with van der Waals surface area (Å²) in [6, 6.07) is 141. The topological polar surface area (TPSA) is 116 Å². The molecule has 6 heterocycles. The second-order valence-electron chi connectivity index (χ2n) is 35.0. The van der Waals surface area contributed by atoms with Gasteiger partial charge in [0.2, 0.25) is 0 Å². The molecular weight excluding hydrogens is 1840 g/mol. The van der Waals surface area contributed by atoms with Crippen LogP contribution in [0.25, 0.3) is 263 Å². The summed E-state index contributed by atoms with van der Waals surface area (Å²) in [4.78, 5) is 45.0. The number of fused-ring (bicyclic) bond motifs is 9. The van der Waals surface area contributed by atoms with Gasteiger partial charge in [-0.05, 0) is 179 Å². The van der Waals surface area contributed by atoms with Gasteiger partial charge in [-0.15, -0.1) is 34.0 Å². The summed E-state index contributed by atoms with van der Waals surface area (Å²) in [6.07, 6.45) is 0. The van der Waals surface area contributed by atoms with Gasteiger partial charge < -0.3 is 0 Å². The van der Waals surface area contributed by atoms with Crippen LogP contribution < -0.4 is 0 Å². The van der Waals surface area contributed by atoms with Gasteiger partial charge in [0.15, 0.2) is 52.4 Å². The van der Waals surface area contributed by atoms with E-state index in [0.717, 1.165) is 173 Å². The molecule has 147 heavy (non-hydrogen) atoms. The van der Waals surface area contributed by atoms with Gasteiger partial charge in [0.1, 0.15) is 0 Å². The fraction of sp³-hybridized carbons (Fsp3) is 0. The lowest BCUT2D eigenvalue weighted by Crippen LogP contribution is -2.00. The summed E-state index contributed by atoms with van der Waals surface area (Å²) in [5.74, 6) is 5.52. The molecule has 0 unspecified atom stereocenters. The van der Waals surface area contributed by atoms with Gasteiger partial charge >= 0.3 is 0 Å². The smallest absolute Gasteiger partial charge is 0.164 e. The molecule has 0 saturated carbocycles. The first-order valence-corrected chi connectivity index (χ1v) is 50.3. The second-order valence-corrected chi connectivity index (χ2v) is 38.3. The Bertz CT molecular complexity index is 10300. The Morgan fingerprint density at radius 2 is 0.327 bits per heavy atom. The van der Waals surface area contributed by atoms with E-state index in [1.807, 2.05) is 279 Å². The zero-order valence-electron chi connectivity index (χ0n) is 93.3. The highest BCUT2D eigenvalue weighted by Crippen LogP contribution is 2.48. The van der Waals surface area contributed by atoms with Crippen LogP contribution in [0.15, 0.2) is 527 Å². The molecule has 21 aromatic carbocycles. The largest absolute Gasteiger partial charge is 0.208 e. The summed E-state index contributed by atoms with van der Waals surface area (Å²) in [5.41, 5.74) is 22.2. The molecule has 27 aromatic rings. The highest BCUT2D eigenvalue weighted by Gasteiger charge is 2.24. The number of rotatable bonds is 18. The van der Waals surface area contributed by atoms with Crippen LogP contribution in [0.4, 0.5) is 0 Å². The molecule has 0 saturated heterocycles. The van der Waals surface area contributed by atoms with Crippen molar-refractivity contribution in [1.82, 2.24) is 44.9 Å². The van der Waals surface area contributed by atoms with Gasteiger partial charge in [-0.3, -0.25) is 0 Å². The summed E-state index contributed by atoms with van der Waals surface area (Å²) in [6.45, 7) is 0. The van der Waals surface area contributed by atoms with Crippen LogP contribution >= 0.6 is 34.0 Å². The molecule has 0 fully saturated rings. The third kappa shape index (κ3) is 18.7. The van der Waals surface area contributed by atoms with E-state index in [2.05, 4.69) is 152 Å². The van der Waals surface area contributed by atoms with Crippen LogP contribution in [0, 0.1) is 0 Å². The predicted octanol–water partition coefficient (Wildman–Crippen LogP) is 36.7. The van der Waals surface area contributed by atoms with E-state index >= 15 is 0 Å². The summed E-state index contributed by atoms with van der Waals surface area (Å²) >= 11 is 5.22. The number of hydrogen-bond acceptors (Lipinski definition) is 12. The quantitative estimate of drug-likeness (QED) is 0.0828. The van der Waals surface area contributed by atoms with Crippen molar-refractivity contribution < 1.29 is 20.6 Å². The molecule has 0 N–H and O–H groups in total. The molecule has 6 aromatic heterocycles. The maximum atomic E-state index is 8.64. The molecule has 0 spiro atoms. The molecule has 0 atom stereocenters. The highest BCUT2D eigenvalue weighted by molar-refractivity contribution is 7.26. The van der Waals surface area contributed by atoms with Crippen molar-refractivity contribution in [3.8, 4) is 203 Å². The van der Waals surface area contributed by atoms with Crippen molar-refractivity contribution in [1.29, 1.82) is 0 Å². The van der Waals surface area contributed by atoms with Gasteiger partial charge in [-0.25, -0.2) is 44.9 Å². The first-order valence-electron chi connectivity index (χ1n) is 55.3. The Kier molecular flexibility index (Phi) is 20.4. The molecule has 0 radical (unpaired) electrons. The monoisotopic (exact) mass is 1940 g/mol. The Hall–Kier alpha value is -18.7. The fourth-order valence-electron chi connectivity index (χ4n) is 18.8. The minimum atomic E-state index is -0.406. The Labute approximate surface area is 884 Å². The van der Waals surface area contributed by atoms with Crippen molar-refractivity contribution in [2.24, 2.45) is 0 Å². The average Bonchev–Trinajstić information content (AvgIpc) is 1.59. The Morgan fingerprint density at radius 1 is 0.129 bits per heavy atom. The molecule has 27 rings (SSSR count). The van der Waals surface area contributed by atoms with Crippen LogP contribution in [0.2, 0.25) is 0 Å². The normalized spacial score (nSPS) is 12.7. The second kappa shape index (κ2) is 40.4. The average molecular weight is 1950 g/mol. The van der Waals surface area contributed by atoms with Crippen molar-refractivity contribution >= 4 is 94.5 Å². The van der Waals surface area contributed by atoms with Gasteiger partial charge in [0.05, 0.1) is 20.6 Å². The van der Waals surface area contributed by atoms with Gasteiger partial charge in [0, 0.05) is 111 Å². The van der Waals surface area contributed by atoms with Crippen LogP contribution in [0.1, 0.15) is 20.6 Å². The molecule has 0 aliphatic rings. The molecule has 0 aliphatic heterocycles. The molecule has 0 amide bonds. The SMILES string of the molecule is [2H]c1c([2H])c([2H])c(-c2ccc(-c3cccc(-c4ccc5sc6cccc(-c7nc(-c8ccccc8)nc(-c8ccccc8)n7)c6c5c4)c3)cc2)c([2H])c1[2H].[2H]c1c([2H])c([2H])c(-c2cccc(-c3cccc(-c4ccc5sc6cccc(-c7nc(-c8ccccc8)nc(-c8ccccc8)n7)c6c5c4)c3)c2)c([2H])c1[2H].[2H]c1c([2H])c([2H])c(-c2ccccc2-c2cccc(-c3ccc4sc5cccc(-c6nc(-c7ccccc7)nc(-c7ccccc7)n6)c5c4c3)c2)c([2H])c1[2H]. The summed E-state index contributed by atoms with van der Waals surface area (Å²) < 4.78 is 131. The third-order valence-electron chi connectivity index (χ3n) is 25.9. The zero-order chi connectivity index (χ0) is 111. The number of nitrogens with zero attached hydrogens (tertiary/aromatic N) is 9. The van der Waals surface area contributed by atoms with E-state index in [-0.39, 0.29) is 89.2 Å². The number of thiophene rings is 3. The van der Waals surface area contributed by atoms with E-state index in [0.29, 0.717) is 69.1 Å². The number of hydrogen-bond donors (Lipinski definition) is 0. The molecular formula is C135H87N9S3. The minimum Gasteiger partial charge on any atom is -0.208 e. The first-order chi connectivity index (χ1) is 79.0. The van der Waals surface area contributed by atoms with Gasteiger partial charge in [-0.2, -0.15) is 0 Å². The lowest BCUT2D eigenvalue weighted by molar-refractivity contribution is 1.08. The van der Waals surface area contributed by atoms with E-state index in [1.54, 1.807) is 40.1 Å². The van der Waals surface area contributed by atoms with Crippen molar-refractivity contribution in [3.05, 3.63) is 527 Å². The third-order valence-corrected chi connectivity index (χ3v) is 29.3. The molecule has 0 bridgehead atoms. The highest BCUT2D eigenvalue weighted by atomic mass is 32.1. The molecule has 0 aliphatic carbocycles. The maximum Gasteiger partial charge on any atom is 0.164 e. The molecule has 9 nitrogen and oxygen atoms in total. The van der Waals surface area contributed by atoms with Gasteiger partial charge in [0.25, 0.3) is 0 Å². The lowest BCUT2D eigenvalue weighted by atomic mass is 9.92. The maximum absolute atomic E-state index is 8.64. The summed E-state index contributed by atoms with van der Waals surface area (Å²) in [5, 5.41) is 6.59. The Balaban J connectivity index is 0.000000123. The molecule has 690 valence electrons. The fourth-order valence-corrected chi connectivity index (χ4v) is 22.1. The standard InChI is InChI=1S/3C45H29N3S/c1-4-13-30(14-5-1)33-19-10-20-34(27-33)35-21-11-22-36(28-35)37-25-26-40-39(29-37)42-38(23-12-24-41(42)49-40)45-47-43(31-15-6-2-7-16-31)46-44(48-45)32-17-8-3-9-18-32;1-4-12-30(13-5-1)31-22-24-32(25-23-31)35-18-10-19-36(28-35)37-26-27-40-39(29-37)42-38(20-11-21-41(42)49-40)45-47-43(33-14-6-2-7-15-33)46-44(48-45)34-16-8-3-9-17-34;1-4-14-30(15-5-1)36-22-10-11-23-37(36)35-21-12-20-33(28-35)34-26-27-40-39(29-34)42-38(24-13-25-41(42)49-40)45-47-43(31-16-6-2-7-17-31)46-44(48-45)32-18-8-3-9-19-32/h3*1-29H/i1D,4D,5D,13D,14D;1D,4D,5D,12D,13D;1D,4D,5D,14D,15D. The van der Waals surface area contributed by atoms with Crippen molar-refractivity contribution in [3.63, 3.8) is 0 Å². The van der Waals surface area contributed by atoms with Crippen LogP contribution in [0.3, 0.4) is 0 Å².